The maximum Gasteiger partial charge on any atom is 0.323 e. The second kappa shape index (κ2) is 5.83. The van der Waals surface area contributed by atoms with Gasteiger partial charge >= 0.3 is 5.97 Å². The highest BCUT2D eigenvalue weighted by atomic mass is 32.2. The average Bonchev–Trinajstić information content (AvgIpc) is 2.29. The van der Waals surface area contributed by atoms with Gasteiger partial charge in [0.2, 0.25) is 10.0 Å². The van der Waals surface area contributed by atoms with Gasteiger partial charge in [-0.2, -0.15) is 4.72 Å². The number of hydrogen-bond donors (Lipinski definition) is 2. The van der Waals surface area contributed by atoms with Gasteiger partial charge in [-0.25, -0.2) is 8.42 Å². The molecule has 0 aliphatic rings. The average molecular weight is 272 g/mol. The molecule has 0 spiro atoms. The molecule has 1 aromatic carbocycles. The fraction of sp³-hybridized carbons (Fsp3) is 0.364. The molecule has 0 unspecified atom stereocenters. The number of sulfonamides is 1. The first-order chi connectivity index (χ1) is 8.36. The molecule has 0 bridgehead atoms. The lowest BCUT2D eigenvalue weighted by Crippen LogP contribution is -2.39. The lowest BCUT2D eigenvalue weighted by atomic mass is 10.3. The van der Waals surface area contributed by atoms with E-state index in [-0.39, 0.29) is 11.5 Å². The van der Waals surface area contributed by atoms with Crippen LogP contribution in [0, 0.1) is 0 Å². The van der Waals surface area contributed by atoms with Gasteiger partial charge in [-0.1, -0.05) is 0 Å². The Labute approximate surface area is 106 Å². The number of ether oxygens (including phenoxy) is 1. The first kappa shape index (κ1) is 14.5. The largest absolute Gasteiger partial charge is 0.465 e. The van der Waals surface area contributed by atoms with Crippen molar-refractivity contribution in [2.45, 2.75) is 24.8 Å². The van der Waals surface area contributed by atoms with E-state index in [1.165, 1.54) is 31.2 Å². The van der Waals surface area contributed by atoms with Gasteiger partial charge in [-0.15, -0.1) is 0 Å². The third-order valence-electron chi connectivity index (χ3n) is 2.16. The summed E-state index contributed by atoms with van der Waals surface area (Å²) in [7, 11) is -3.75. The minimum atomic E-state index is -3.75. The van der Waals surface area contributed by atoms with Crippen LogP contribution in [0.25, 0.3) is 0 Å². The van der Waals surface area contributed by atoms with Crippen LogP contribution in [0.1, 0.15) is 13.8 Å². The number of nitrogens with one attached hydrogen (secondary N) is 1. The predicted octanol–water partition coefficient (Wildman–Crippen LogP) is 0.499. The number of esters is 1. The summed E-state index contributed by atoms with van der Waals surface area (Å²) in [6.07, 6.45) is 0. The van der Waals surface area contributed by atoms with Crippen molar-refractivity contribution >= 4 is 21.7 Å². The molecule has 0 aliphatic carbocycles. The molecule has 0 aromatic heterocycles. The second-order valence-electron chi connectivity index (χ2n) is 3.66. The molecule has 100 valence electrons. The summed E-state index contributed by atoms with van der Waals surface area (Å²) in [5, 5.41) is 0. The monoisotopic (exact) mass is 272 g/mol. The van der Waals surface area contributed by atoms with Crippen molar-refractivity contribution in [2.24, 2.45) is 0 Å². The van der Waals surface area contributed by atoms with Crippen LogP contribution in [0.4, 0.5) is 5.69 Å². The number of carbonyl (C=O) groups excluding carboxylic acids is 1. The zero-order valence-corrected chi connectivity index (χ0v) is 11.0. The van der Waals surface area contributed by atoms with E-state index in [1.807, 2.05) is 0 Å². The lowest BCUT2D eigenvalue weighted by Gasteiger charge is -2.13. The normalized spacial score (nSPS) is 13.0. The van der Waals surface area contributed by atoms with Crippen LogP contribution in [0.3, 0.4) is 0 Å². The van der Waals surface area contributed by atoms with Crippen molar-refractivity contribution in [3.05, 3.63) is 24.3 Å². The van der Waals surface area contributed by atoms with Crippen LogP contribution in [-0.4, -0.2) is 27.0 Å². The third kappa shape index (κ3) is 3.71. The molecular weight excluding hydrogens is 256 g/mol. The number of carbonyl (C=O) groups is 1. The zero-order chi connectivity index (χ0) is 13.8. The molecular formula is C11H16N2O4S. The molecule has 0 fully saturated rings. The van der Waals surface area contributed by atoms with Crippen LogP contribution in [0.15, 0.2) is 29.2 Å². The van der Waals surface area contributed by atoms with Gasteiger partial charge in [-0.05, 0) is 38.1 Å². The Bertz CT molecular complexity index is 510. The molecule has 0 amide bonds. The zero-order valence-electron chi connectivity index (χ0n) is 10.2. The standard InChI is InChI=1S/C11H16N2O4S/c1-3-17-11(14)8(2)13-18(15,16)10-6-4-9(12)5-7-10/h4-8,13H,3,12H2,1-2H3/t8-/m0/s1. The number of benzene rings is 1. The van der Waals surface area contributed by atoms with Crippen LogP contribution in [0.5, 0.6) is 0 Å². The van der Waals surface area contributed by atoms with E-state index in [1.54, 1.807) is 6.92 Å². The topological polar surface area (TPSA) is 98.5 Å². The van der Waals surface area contributed by atoms with Gasteiger partial charge in [0.05, 0.1) is 11.5 Å². The van der Waals surface area contributed by atoms with Crippen molar-refractivity contribution in [1.29, 1.82) is 0 Å². The maximum atomic E-state index is 11.9. The van der Waals surface area contributed by atoms with E-state index < -0.39 is 22.0 Å². The summed E-state index contributed by atoms with van der Waals surface area (Å²) in [5.41, 5.74) is 5.93. The first-order valence-electron chi connectivity index (χ1n) is 5.41. The quantitative estimate of drug-likeness (QED) is 0.600. The van der Waals surface area contributed by atoms with Gasteiger partial charge < -0.3 is 10.5 Å². The molecule has 1 aromatic rings. The fourth-order valence-corrected chi connectivity index (χ4v) is 2.46. The third-order valence-corrected chi connectivity index (χ3v) is 3.72. The summed E-state index contributed by atoms with van der Waals surface area (Å²) in [6.45, 7) is 3.28. The molecule has 0 aliphatic heterocycles. The van der Waals surface area contributed by atoms with Crippen molar-refractivity contribution in [3.8, 4) is 0 Å². The minimum Gasteiger partial charge on any atom is -0.465 e. The van der Waals surface area contributed by atoms with Crippen LogP contribution >= 0.6 is 0 Å². The van der Waals surface area contributed by atoms with Crippen molar-refractivity contribution in [3.63, 3.8) is 0 Å². The molecule has 0 saturated heterocycles. The first-order valence-corrected chi connectivity index (χ1v) is 6.89. The summed E-state index contributed by atoms with van der Waals surface area (Å²) < 4.78 is 30.8. The molecule has 7 heteroatoms. The Morgan fingerprint density at radius 2 is 1.94 bits per heavy atom. The highest BCUT2D eigenvalue weighted by molar-refractivity contribution is 7.89. The van der Waals surface area contributed by atoms with E-state index >= 15 is 0 Å². The summed E-state index contributed by atoms with van der Waals surface area (Å²) >= 11 is 0. The second-order valence-corrected chi connectivity index (χ2v) is 5.38. The van der Waals surface area contributed by atoms with Crippen LogP contribution in [0.2, 0.25) is 0 Å². The Morgan fingerprint density at radius 1 is 1.39 bits per heavy atom. The number of rotatable bonds is 5. The Kier molecular flexibility index (Phi) is 4.69. The molecule has 0 heterocycles. The molecule has 0 radical (unpaired) electrons. The molecule has 1 atom stereocenters. The fourth-order valence-electron chi connectivity index (χ4n) is 1.26. The number of hydrogen-bond acceptors (Lipinski definition) is 5. The molecule has 1 rings (SSSR count). The summed E-state index contributed by atoms with van der Waals surface area (Å²) in [5.74, 6) is -0.614. The maximum absolute atomic E-state index is 11.9. The number of nitrogen functional groups attached to an aromatic ring is 1. The van der Waals surface area contributed by atoms with E-state index in [4.69, 9.17) is 10.5 Å². The minimum absolute atomic E-state index is 0.0489. The van der Waals surface area contributed by atoms with Crippen molar-refractivity contribution in [1.82, 2.24) is 4.72 Å². The van der Waals surface area contributed by atoms with E-state index in [9.17, 15) is 13.2 Å². The van der Waals surface area contributed by atoms with Crippen molar-refractivity contribution in [2.75, 3.05) is 12.3 Å². The van der Waals surface area contributed by atoms with Crippen LogP contribution < -0.4 is 10.5 Å². The van der Waals surface area contributed by atoms with Gasteiger partial charge in [0.1, 0.15) is 6.04 Å². The Balaban J connectivity index is 2.82. The number of nitrogens with two attached hydrogens (primary N) is 1. The molecule has 3 N–H and O–H groups in total. The smallest absolute Gasteiger partial charge is 0.323 e. The Hall–Kier alpha value is -1.60. The van der Waals surface area contributed by atoms with Crippen LogP contribution in [-0.2, 0) is 19.6 Å². The SMILES string of the molecule is CCOC(=O)[C@H](C)NS(=O)(=O)c1ccc(N)cc1. The summed E-state index contributed by atoms with van der Waals surface area (Å²) in [4.78, 5) is 11.4. The highest BCUT2D eigenvalue weighted by Gasteiger charge is 2.22. The van der Waals surface area contributed by atoms with Gasteiger partial charge in [-0.3, -0.25) is 4.79 Å². The Morgan fingerprint density at radius 3 is 2.44 bits per heavy atom. The predicted molar refractivity (Wildman–Crippen MR) is 67.3 cm³/mol. The molecule has 0 saturated carbocycles. The lowest BCUT2D eigenvalue weighted by molar-refractivity contribution is -0.144. The van der Waals surface area contributed by atoms with E-state index in [0.29, 0.717) is 5.69 Å². The van der Waals surface area contributed by atoms with Crippen molar-refractivity contribution < 1.29 is 17.9 Å². The van der Waals surface area contributed by atoms with Gasteiger partial charge in [0.15, 0.2) is 0 Å². The van der Waals surface area contributed by atoms with E-state index in [0.717, 1.165) is 0 Å². The highest BCUT2D eigenvalue weighted by Crippen LogP contribution is 2.12. The van der Waals surface area contributed by atoms with E-state index in [2.05, 4.69) is 4.72 Å². The van der Waals surface area contributed by atoms with Gasteiger partial charge in [0, 0.05) is 5.69 Å². The molecule has 6 nitrogen and oxygen atoms in total. The van der Waals surface area contributed by atoms with Gasteiger partial charge in [0.25, 0.3) is 0 Å². The summed E-state index contributed by atoms with van der Waals surface area (Å²) in [6, 6.07) is 4.76. The molecule has 18 heavy (non-hydrogen) atoms. The number of anilines is 1.